The van der Waals surface area contributed by atoms with Gasteiger partial charge in [0.05, 0.1) is 5.56 Å². The van der Waals surface area contributed by atoms with Gasteiger partial charge in [-0.25, -0.2) is 0 Å². The third kappa shape index (κ3) is 4.54. The quantitative estimate of drug-likeness (QED) is 0.579. The second kappa shape index (κ2) is 8.53. The number of carbonyl (C=O) groups is 2. The number of rotatable bonds is 4. The van der Waals surface area contributed by atoms with Gasteiger partial charge in [-0.05, 0) is 54.6 Å². The third-order valence-corrected chi connectivity index (χ3v) is 5.39. The van der Waals surface area contributed by atoms with E-state index in [1.54, 1.807) is 24.0 Å². The van der Waals surface area contributed by atoms with Crippen molar-refractivity contribution in [3.8, 4) is 11.3 Å². The molecule has 0 radical (unpaired) electrons. The number of nitrogens with one attached hydrogen (secondary N) is 1. The zero-order valence-corrected chi connectivity index (χ0v) is 17.3. The minimum atomic E-state index is -4.44. The molecule has 0 unspecified atom stereocenters. The van der Waals surface area contributed by atoms with Crippen molar-refractivity contribution in [1.29, 1.82) is 0 Å². The first-order valence-corrected chi connectivity index (χ1v) is 10.2. The Balaban J connectivity index is 1.47. The topological polar surface area (TPSA) is 62.6 Å². The molecule has 0 saturated carbocycles. The van der Waals surface area contributed by atoms with Gasteiger partial charge in [0.2, 0.25) is 5.91 Å². The van der Waals surface area contributed by atoms with Gasteiger partial charge in [-0.3, -0.25) is 9.59 Å². The van der Waals surface area contributed by atoms with Crippen molar-refractivity contribution in [2.45, 2.75) is 32.5 Å². The average molecular weight is 442 g/mol. The molecule has 2 aromatic carbocycles. The number of hydrogen-bond donors (Lipinski definition) is 1. The third-order valence-electron chi connectivity index (χ3n) is 5.39. The number of benzene rings is 2. The van der Waals surface area contributed by atoms with E-state index in [1.165, 1.54) is 12.1 Å². The van der Waals surface area contributed by atoms with E-state index in [0.717, 1.165) is 29.0 Å². The van der Waals surface area contributed by atoms with E-state index in [4.69, 9.17) is 4.42 Å². The van der Waals surface area contributed by atoms with Gasteiger partial charge in [-0.1, -0.05) is 6.92 Å². The minimum absolute atomic E-state index is 0.0657. The van der Waals surface area contributed by atoms with Crippen molar-refractivity contribution < 1.29 is 27.2 Å². The van der Waals surface area contributed by atoms with Crippen LogP contribution in [0.15, 0.2) is 59.0 Å². The normalized spacial score (nSPS) is 13.6. The van der Waals surface area contributed by atoms with Crippen molar-refractivity contribution in [1.82, 2.24) is 4.90 Å². The van der Waals surface area contributed by atoms with Crippen LogP contribution < -0.4 is 5.32 Å². The van der Waals surface area contributed by atoms with E-state index in [1.807, 2.05) is 18.2 Å². The van der Waals surface area contributed by atoms with Crippen LogP contribution >= 0.6 is 0 Å². The molecule has 4 rings (SSSR count). The number of anilines is 1. The monoisotopic (exact) mass is 442 g/mol. The molecule has 0 spiro atoms. The number of alkyl halides is 3. The van der Waals surface area contributed by atoms with Gasteiger partial charge >= 0.3 is 6.18 Å². The van der Waals surface area contributed by atoms with Crippen molar-refractivity contribution >= 4 is 17.5 Å². The molecular weight excluding hydrogens is 421 g/mol. The van der Waals surface area contributed by atoms with E-state index in [0.29, 0.717) is 37.4 Å². The maximum absolute atomic E-state index is 12.8. The Morgan fingerprint density at radius 2 is 1.75 bits per heavy atom. The fraction of sp³-hybridized carbons (Fsp3) is 0.250. The van der Waals surface area contributed by atoms with Gasteiger partial charge in [-0.15, -0.1) is 0 Å². The lowest BCUT2D eigenvalue weighted by atomic mass is 10.1. The van der Waals surface area contributed by atoms with Gasteiger partial charge in [0.15, 0.2) is 0 Å². The molecule has 0 atom stereocenters. The Hall–Kier alpha value is -3.55. The predicted molar refractivity (Wildman–Crippen MR) is 113 cm³/mol. The molecule has 0 fully saturated rings. The van der Waals surface area contributed by atoms with Crippen molar-refractivity contribution in [3.63, 3.8) is 0 Å². The van der Waals surface area contributed by atoms with Crippen LogP contribution in [-0.2, 0) is 23.9 Å². The van der Waals surface area contributed by atoms with Gasteiger partial charge in [0, 0.05) is 48.3 Å². The Bertz CT molecular complexity index is 1130. The number of nitrogens with zero attached hydrogens (tertiary/aromatic N) is 1. The van der Waals surface area contributed by atoms with E-state index >= 15 is 0 Å². The summed E-state index contributed by atoms with van der Waals surface area (Å²) in [6.07, 6.45) is -3.52. The fourth-order valence-corrected chi connectivity index (χ4v) is 3.60. The predicted octanol–water partition coefficient (Wildman–Crippen LogP) is 5.51. The molecule has 0 bridgehead atoms. The van der Waals surface area contributed by atoms with E-state index in [2.05, 4.69) is 5.32 Å². The smallest absolute Gasteiger partial charge is 0.416 e. The first-order valence-electron chi connectivity index (χ1n) is 10.2. The summed E-state index contributed by atoms with van der Waals surface area (Å²) in [7, 11) is 0. The van der Waals surface area contributed by atoms with Crippen LogP contribution in [0.5, 0.6) is 0 Å². The zero-order chi connectivity index (χ0) is 22.9. The maximum atomic E-state index is 12.8. The second-order valence-electron chi connectivity index (χ2n) is 7.59. The summed E-state index contributed by atoms with van der Waals surface area (Å²) in [6, 6.07) is 13.4. The highest BCUT2D eigenvalue weighted by Crippen LogP contribution is 2.32. The summed E-state index contributed by atoms with van der Waals surface area (Å²) in [5.74, 6) is 1.07. The molecule has 1 aliphatic heterocycles. The summed E-state index contributed by atoms with van der Waals surface area (Å²) >= 11 is 0. The molecule has 1 aromatic heterocycles. The first-order chi connectivity index (χ1) is 15.2. The maximum Gasteiger partial charge on any atom is 0.416 e. The lowest BCUT2D eigenvalue weighted by Gasteiger charge is -2.26. The highest BCUT2D eigenvalue weighted by atomic mass is 19.4. The van der Waals surface area contributed by atoms with Gasteiger partial charge in [0.1, 0.15) is 11.5 Å². The molecule has 166 valence electrons. The summed E-state index contributed by atoms with van der Waals surface area (Å²) in [5, 5.41) is 2.79. The van der Waals surface area contributed by atoms with Crippen LogP contribution in [0.2, 0.25) is 0 Å². The van der Waals surface area contributed by atoms with Crippen LogP contribution in [0, 0.1) is 0 Å². The van der Waals surface area contributed by atoms with Crippen molar-refractivity contribution in [2.24, 2.45) is 0 Å². The summed E-state index contributed by atoms with van der Waals surface area (Å²) < 4.78 is 44.2. The molecule has 8 heteroatoms. The molecule has 1 N–H and O–H groups in total. The Morgan fingerprint density at radius 3 is 2.38 bits per heavy atom. The second-order valence-corrected chi connectivity index (χ2v) is 7.59. The Labute approximate surface area is 182 Å². The summed E-state index contributed by atoms with van der Waals surface area (Å²) in [4.78, 5) is 25.9. The first kappa shape index (κ1) is 21.7. The lowest BCUT2D eigenvalue weighted by Crippen LogP contribution is -2.35. The van der Waals surface area contributed by atoms with Crippen LogP contribution in [0.25, 0.3) is 11.3 Å². The van der Waals surface area contributed by atoms with Gasteiger partial charge in [0.25, 0.3) is 5.91 Å². The molecule has 2 amide bonds. The number of carbonyl (C=O) groups excluding carboxylic acids is 2. The standard InChI is InChI=1S/C24H21F3N2O3/c1-2-22(30)28-19-9-5-15(6-10-19)21-13-17-14-29(12-11-20(17)32-21)23(31)16-3-7-18(8-4-16)24(25,26)27/h3-10,13H,2,11-12,14H2,1H3,(H,28,30). The van der Waals surface area contributed by atoms with Crippen molar-refractivity contribution in [2.75, 3.05) is 11.9 Å². The fourth-order valence-electron chi connectivity index (χ4n) is 3.60. The Morgan fingerprint density at radius 1 is 1.06 bits per heavy atom. The number of fused-ring (bicyclic) bond motifs is 1. The van der Waals surface area contributed by atoms with Gasteiger partial charge in [-0.2, -0.15) is 13.2 Å². The number of furan rings is 1. The molecular formula is C24H21F3N2O3. The van der Waals surface area contributed by atoms with E-state index in [9.17, 15) is 22.8 Å². The summed E-state index contributed by atoms with van der Waals surface area (Å²) in [6.45, 7) is 2.52. The van der Waals surface area contributed by atoms with Gasteiger partial charge < -0.3 is 14.6 Å². The molecule has 0 saturated heterocycles. The molecule has 1 aliphatic rings. The lowest BCUT2D eigenvalue weighted by molar-refractivity contribution is -0.137. The number of amides is 2. The van der Waals surface area contributed by atoms with Crippen LogP contribution in [0.1, 0.15) is 40.6 Å². The largest absolute Gasteiger partial charge is 0.461 e. The SMILES string of the molecule is CCC(=O)Nc1ccc(-c2cc3c(o2)CCN(C(=O)c2ccc(C(F)(F)F)cc2)C3)cc1. The average Bonchev–Trinajstić information content (AvgIpc) is 3.22. The summed E-state index contributed by atoms with van der Waals surface area (Å²) in [5.41, 5.74) is 1.85. The number of halogens is 3. The highest BCUT2D eigenvalue weighted by Gasteiger charge is 2.31. The van der Waals surface area contributed by atoms with E-state index in [-0.39, 0.29) is 17.4 Å². The van der Waals surface area contributed by atoms with Crippen LogP contribution in [0.3, 0.4) is 0 Å². The van der Waals surface area contributed by atoms with Crippen molar-refractivity contribution in [3.05, 3.63) is 77.0 Å². The minimum Gasteiger partial charge on any atom is -0.461 e. The molecule has 3 aromatic rings. The molecule has 32 heavy (non-hydrogen) atoms. The zero-order valence-electron chi connectivity index (χ0n) is 17.3. The van der Waals surface area contributed by atoms with Crippen LogP contribution in [0.4, 0.5) is 18.9 Å². The molecule has 5 nitrogen and oxygen atoms in total. The highest BCUT2D eigenvalue weighted by molar-refractivity contribution is 5.94. The van der Waals surface area contributed by atoms with E-state index < -0.39 is 11.7 Å². The number of hydrogen-bond acceptors (Lipinski definition) is 3. The molecule has 2 heterocycles. The Kier molecular flexibility index (Phi) is 5.78. The molecule has 0 aliphatic carbocycles. The van der Waals surface area contributed by atoms with Crippen LogP contribution in [-0.4, -0.2) is 23.3 Å².